The number of benzene rings is 1. The molecule has 0 unspecified atom stereocenters. The number of carbonyl (C=O) groups is 2. The molecule has 22 heavy (non-hydrogen) atoms. The Hall–Kier alpha value is -3.10. The van der Waals surface area contributed by atoms with Crippen LogP contribution >= 0.6 is 0 Å². The highest BCUT2D eigenvalue weighted by Gasteiger charge is 2.29. The third-order valence-corrected chi connectivity index (χ3v) is 2.62. The van der Waals surface area contributed by atoms with E-state index in [2.05, 4.69) is 0 Å². The number of aliphatic carboxylic acids is 1. The Balaban J connectivity index is 3.63. The smallest absolute Gasteiger partial charge is 0.328 e. The second kappa shape index (κ2) is 7.07. The van der Waals surface area contributed by atoms with Crippen molar-refractivity contribution >= 4 is 17.4 Å². The molecule has 0 aromatic heterocycles. The lowest BCUT2D eigenvalue weighted by atomic mass is 10.1. The highest BCUT2D eigenvalue weighted by Crippen LogP contribution is 2.46. The first-order valence-corrected chi connectivity index (χ1v) is 5.80. The third kappa shape index (κ3) is 3.32. The number of carbonyl (C=O) groups excluding carboxylic acids is 1. The van der Waals surface area contributed by atoms with Gasteiger partial charge in [0.25, 0.3) is 0 Å². The van der Waals surface area contributed by atoms with Gasteiger partial charge in [0.05, 0.1) is 31.8 Å². The summed E-state index contributed by atoms with van der Waals surface area (Å²) in [4.78, 5) is 32.8. The van der Waals surface area contributed by atoms with E-state index in [-0.39, 0.29) is 22.8 Å². The van der Waals surface area contributed by atoms with E-state index in [9.17, 15) is 19.7 Å². The van der Waals surface area contributed by atoms with Crippen LogP contribution in [0.3, 0.4) is 0 Å². The van der Waals surface area contributed by atoms with E-state index in [1.54, 1.807) is 0 Å². The Morgan fingerprint density at radius 2 is 1.64 bits per heavy atom. The number of ketones is 1. The van der Waals surface area contributed by atoms with Crippen LogP contribution in [-0.2, 0) is 4.79 Å². The first-order valence-electron chi connectivity index (χ1n) is 5.80. The fourth-order valence-electron chi connectivity index (χ4n) is 1.75. The second-order valence-corrected chi connectivity index (χ2v) is 3.84. The van der Waals surface area contributed by atoms with Gasteiger partial charge in [0.2, 0.25) is 11.5 Å². The zero-order valence-electron chi connectivity index (χ0n) is 12.0. The molecule has 9 nitrogen and oxygen atoms in total. The molecular formula is C13H13NO8. The predicted octanol–water partition coefficient (Wildman–Crippen LogP) is 1.44. The van der Waals surface area contributed by atoms with Gasteiger partial charge in [-0.15, -0.1) is 0 Å². The molecule has 0 aliphatic carbocycles. The van der Waals surface area contributed by atoms with Gasteiger partial charge in [-0.05, 0) is 6.08 Å². The molecule has 0 fully saturated rings. The fraction of sp³-hybridized carbons (Fsp3) is 0.231. The van der Waals surface area contributed by atoms with Gasteiger partial charge >= 0.3 is 11.7 Å². The average Bonchev–Trinajstić information content (AvgIpc) is 2.49. The monoisotopic (exact) mass is 311 g/mol. The van der Waals surface area contributed by atoms with Crippen molar-refractivity contribution in [2.45, 2.75) is 0 Å². The van der Waals surface area contributed by atoms with Gasteiger partial charge < -0.3 is 19.3 Å². The van der Waals surface area contributed by atoms with Crippen LogP contribution in [0.25, 0.3) is 0 Å². The number of carboxylic acid groups (broad SMARTS) is 1. The maximum absolute atomic E-state index is 12.0. The number of carboxylic acids is 1. The van der Waals surface area contributed by atoms with Crippen molar-refractivity contribution in [3.8, 4) is 17.2 Å². The van der Waals surface area contributed by atoms with Crippen molar-refractivity contribution in [1.82, 2.24) is 0 Å². The number of nitrogens with zero attached hydrogens (tertiary/aromatic N) is 1. The van der Waals surface area contributed by atoms with Gasteiger partial charge in [-0.2, -0.15) is 0 Å². The van der Waals surface area contributed by atoms with Crippen LogP contribution in [0.5, 0.6) is 17.2 Å². The number of hydrogen-bond donors (Lipinski definition) is 1. The van der Waals surface area contributed by atoms with Gasteiger partial charge in [-0.25, -0.2) is 4.79 Å². The Morgan fingerprint density at radius 1 is 1.09 bits per heavy atom. The van der Waals surface area contributed by atoms with Gasteiger partial charge in [0, 0.05) is 12.1 Å². The van der Waals surface area contributed by atoms with Crippen LogP contribution in [0, 0.1) is 10.1 Å². The number of nitro groups is 1. The molecule has 0 radical (unpaired) electrons. The molecule has 0 saturated carbocycles. The molecule has 0 saturated heterocycles. The van der Waals surface area contributed by atoms with Crippen LogP contribution in [0.15, 0.2) is 18.2 Å². The van der Waals surface area contributed by atoms with Gasteiger partial charge in [0.15, 0.2) is 11.5 Å². The minimum atomic E-state index is -1.33. The lowest BCUT2D eigenvalue weighted by molar-refractivity contribution is -0.385. The SMILES string of the molecule is COc1c(C(=O)/C=C/C(=O)O)cc([N+](=O)[O-])c(OC)c1OC. The normalized spacial score (nSPS) is 10.3. The maximum atomic E-state index is 12.0. The van der Waals surface area contributed by atoms with E-state index < -0.39 is 22.4 Å². The van der Waals surface area contributed by atoms with Crippen LogP contribution in [-0.4, -0.2) is 43.1 Å². The number of rotatable bonds is 7. The standard InChI is InChI=1S/C13H13NO8/c1-20-11-7(9(15)4-5-10(16)17)6-8(14(18)19)12(21-2)13(11)22-3/h4-6H,1-3H3,(H,16,17)/b5-4+. The first-order chi connectivity index (χ1) is 10.4. The van der Waals surface area contributed by atoms with Crippen LogP contribution in [0.2, 0.25) is 0 Å². The van der Waals surface area contributed by atoms with Crippen molar-refractivity contribution in [3.05, 3.63) is 33.9 Å². The molecule has 1 aromatic carbocycles. The van der Waals surface area contributed by atoms with E-state index in [0.29, 0.717) is 6.08 Å². The number of nitro benzene ring substituents is 1. The van der Waals surface area contributed by atoms with E-state index in [1.807, 2.05) is 0 Å². The minimum Gasteiger partial charge on any atom is -0.492 e. The van der Waals surface area contributed by atoms with Crippen molar-refractivity contribution < 1.29 is 33.8 Å². The number of hydrogen-bond acceptors (Lipinski definition) is 7. The van der Waals surface area contributed by atoms with Crippen molar-refractivity contribution in [2.75, 3.05) is 21.3 Å². The summed E-state index contributed by atoms with van der Waals surface area (Å²) in [5.41, 5.74) is -0.725. The molecule has 1 aromatic rings. The molecule has 0 heterocycles. The Kier molecular flexibility index (Phi) is 5.44. The lowest BCUT2D eigenvalue weighted by Gasteiger charge is -2.14. The molecule has 118 valence electrons. The Bertz CT molecular complexity index is 650. The molecule has 0 atom stereocenters. The highest BCUT2D eigenvalue weighted by molar-refractivity contribution is 6.10. The summed E-state index contributed by atoms with van der Waals surface area (Å²) >= 11 is 0. The van der Waals surface area contributed by atoms with Crippen molar-refractivity contribution in [1.29, 1.82) is 0 Å². The summed E-state index contributed by atoms with van der Waals surface area (Å²) in [6, 6.07) is 0.939. The van der Waals surface area contributed by atoms with Crippen molar-refractivity contribution in [2.24, 2.45) is 0 Å². The minimum absolute atomic E-state index is 0.0926. The fourth-order valence-corrected chi connectivity index (χ4v) is 1.75. The molecule has 0 spiro atoms. The van der Waals surface area contributed by atoms with Crippen LogP contribution in [0.4, 0.5) is 5.69 Å². The second-order valence-electron chi connectivity index (χ2n) is 3.84. The number of methoxy groups -OCH3 is 3. The zero-order valence-corrected chi connectivity index (χ0v) is 12.0. The molecule has 9 heteroatoms. The van der Waals surface area contributed by atoms with E-state index >= 15 is 0 Å². The molecule has 0 aliphatic rings. The molecular weight excluding hydrogens is 298 g/mol. The summed E-state index contributed by atoms with van der Waals surface area (Å²) < 4.78 is 15.0. The van der Waals surface area contributed by atoms with Gasteiger partial charge in [-0.1, -0.05) is 0 Å². The summed E-state index contributed by atoms with van der Waals surface area (Å²) in [7, 11) is 3.67. The van der Waals surface area contributed by atoms with E-state index in [4.69, 9.17) is 19.3 Å². The third-order valence-electron chi connectivity index (χ3n) is 2.62. The van der Waals surface area contributed by atoms with E-state index in [0.717, 1.165) is 12.1 Å². The predicted molar refractivity (Wildman–Crippen MR) is 73.9 cm³/mol. The van der Waals surface area contributed by atoms with Gasteiger partial charge in [-0.3, -0.25) is 14.9 Å². The molecule has 1 N–H and O–H groups in total. The maximum Gasteiger partial charge on any atom is 0.328 e. The summed E-state index contributed by atoms with van der Waals surface area (Å²) in [5, 5.41) is 19.6. The molecule has 1 rings (SSSR count). The van der Waals surface area contributed by atoms with Crippen molar-refractivity contribution in [3.63, 3.8) is 0 Å². The van der Waals surface area contributed by atoms with E-state index in [1.165, 1.54) is 21.3 Å². The van der Waals surface area contributed by atoms with Crippen LogP contribution < -0.4 is 14.2 Å². The lowest BCUT2D eigenvalue weighted by Crippen LogP contribution is -2.06. The quantitative estimate of drug-likeness (QED) is 0.347. The number of ether oxygens (including phenoxy) is 3. The zero-order chi connectivity index (χ0) is 16.9. The van der Waals surface area contributed by atoms with Gasteiger partial charge in [0.1, 0.15) is 0 Å². The topological polar surface area (TPSA) is 125 Å². The summed E-state index contributed by atoms with van der Waals surface area (Å²) in [6.07, 6.45) is 1.38. The Labute approximate surface area is 124 Å². The molecule has 0 aliphatic heterocycles. The summed E-state index contributed by atoms with van der Waals surface area (Å²) in [5.74, 6) is -2.55. The first kappa shape index (κ1) is 17.0. The Morgan fingerprint density at radius 3 is 2.05 bits per heavy atom. The molecule has 0 bridgehead atoms. The largest absolute Gasteiger partial charge is 0.492 e. The average molecular weight is 311 g/mol. The summed E-state index contributed by atoms with van der Waals surface area (Å²) in [6.45, 7) is 0. The highest BCUT2D eigenvalue weighted by atomic mass is 16.6. The molecule has 0 amide bonds. The van der Waals surface area contributed by atoms with Crippen LogP contribution in [0.1, 0.15) is 10.4 Å². The number of allylic oxidation sites excluding steroid dienone is 1.